The van der Waals surface area contributed by atoms with Gasteiger partial charge in [0.2, 0.25) is 0 Å². The van der Waals surface area contributed by atoms with Gasteiger partial charge in [-0.3, -0.25) is 0 Å². The van der Waals surface area contributed by atoms with E-state index in [1.54, 1.807) is 23.1 Å². The highest BCUT2D eigenvalue weighted by Crippen LogP contribution is 2.35. The van der Waals surface area contributed by atoms with Crippen LogP contribution < -0.4 is 9.47 Å². The first-order valence-corrected chi connectivity index (χ1v) is 5.85. The Kier molecular flexibility index (Phi) is 3.42. The van der Waals surface area contributed by atoms with Gasteiger partial charge >= 0.3 is 0 Å². The largest absolute Gasteiger partial charge is 0.486 e. The van der Waals surface area contributed by atoms with E-state index in [9.17, 15) is 0 Å². The molecule has 0 amide bonds. The SMILES string of the molecule is C=C(Oc1ccc(C#N)cc1OC1CC1)N(C)C. The minimum atomic E-state index is 0.258. The highest BCUT2D eigenvalue weighted by molar-refractivity contribution is 5.47. The Morgan fingerprint density at radius 2 is 2.11 bits per heavy atom. The van der Waals surface area contributed by atoms with Gasteiger partial charge in [-0.25, -0.2) is 0 Å². The molecule has 1 saturated carbocycles. The number of hydrogen-bond donors (Lipinski definition) is 0. The first-order chi connectivity index (χ1) is 8.60. The molecule has 18 heavy (non-hydrogen) atoms. The molecule has 0 spiro atoms. The Bertz CT molecular complexity index is 499. The van der Waals surface area contributed by atoms with Crippen LogP contribution in [-0.2, 0) is 0 Å². The van der Waals surface area contributed by atoms with Gasteiger partial charge in [0.05, 0.1) is 17.7 Å². The quantitative estimate of drug-likeness (QED) is 0.747. The zero-order chi connectivity index (χ0) is 13.1. The van der Waals surface area contributed by atoms with Crippen LogP contribution in [0.4, 0.5) is 0 Å². The molecule has 0 heterocycles. The lowest BCUT2D eigenvalue weighted by molar-refractivity contribution is 0.251. The normalized spacial score (nSPS) is 13.6. The van der Waals surface area contributed by atoms with Crippen LogP contribution in [0.2, 0.25) is 0 Å². The Labute approximate surface area is 107 Å². The van der Waals surface area contributed by atoms with Crippen LogP contribution in [0.3, 0.4) is 0 Å². The van der Waals surface area contributed by atoms with Crippen molar-refractivity contribution in [1.29, 1.82) is 5.26 Å². The molecule has 1 aromatic rings. The highest BCUT2D eigenvalue weighted by atomic mass is 16.5. The Morgan fingerprint density at radius 1 is 1.39 bits per heavy atom. The molecule has 0 radical (unpaired) electrons. The van der Waals surface area contributed by atoms with Gasteiger partial charge in [-0.1, -0.05) is 0 Å². The average molecular weight is 244 g/mol. The summed E-state index contributed by atoms with van der Waals surface area (Å²) in [5.41, 5.74) is 0.563. The second-order valence-electron chi connectivity index (χ2n) is 4.48. The summed E-state index contributed by atoms with van der Waals surface area (Å²) in [6.45, 7) is 3.81. The summed E-state index contributed by atoms with van der Waals surface area (Å²) in [7, 11) is 3.71. The Morgan fingerprint density at radius 3 is 2.67 bits per heavy atom. The molecule has 0 unspecified atom stereocenters. The number of rotatable bonds is 5. The minimum Gasteiger partial charge on any atom is -0.486 e. The van der Waals surface area contributed by atoms with Crippen molar-refractivity contribution in [1.82, 2.24) is 4.90 Å². The summed E-state index contributed by atoms with van der Waals surface area (Å²) >= 11 is 0. The van der Waals surface area contributed by atoms with Crippen LogP contribution >= 0.6 is 0 Å². The van der Waals surface area contributed by atoms with Crippen molar-refractivity contribution in [3.63, 3.8) is 0 Å². The standard InChI is InChI=1S/C14H16N2O2/c1-10(16(2)3)17-13-7-4-11(9-15)8-14(13)18-12-5-6-12/h4,7-8,12H,1,5-6H2,2-3H3. The predicted octanol–water partition coefficient (Wildman–Crippen LogP) is 2.51. The topological polar surface area (TPSA) is 45.5 Å². The molecule has 0 saturated heterocycles. The second-order valence-corrected chi connectivity index (χ2v) is 4.48. The zero-order valence-electron chi connectivity index (χ0n) is 10.6. The number of hydrogen-bond acceptors (Lipinski definition) is 4. The van der Waals surface area contributed by atoms with E-state index in [0.717, 1.165) is 12.8 Å². The molecule has 1 aliphatic carbocycles. The molecule has 0 N–H and O–H groups in total. The van der Waals surface area contributed by atoms with Crippen molar-refractivity contribution < 1.29 is 9.47 Å². The maximum atomic E-state index is 8.90. The minimum absolute atomic E-state index is 0.258. The monoisotopic (exact) mass is 244 g/mol. The van der Waals surface area contributed by atoms with Crippen LogP contribution in [0.15, 0.2) is 30.7 Å². The molecule has 0 bridgehead atoms. The smallest absolute Gasteiger partial charge is 0.188 e. The lowest BCUT2D eigenvalue weighted by atomic mass is 10.2. The van der Waals surface area contributed by atoms with E-state index in [-0.39, 0.29) is 6.10 Å². The fourth-order valence-corrected chi connectivity index (χ4v) is 1.34. The van der Waals surface area contributed by atoms with Crippen molar-refractivity contribution in [3.8, 4) is 17.6 Å². The lowest BCUT2D eigenvalue weighted by Gasteiger charge is -2.18. The summed E-state index contributed by atoms with van der Waals surface area (Å²) in [4.78, 5) is 1.78. The van der Waals surface area contributed by atoms with Gasteiger partial charge in [0.15, 0.2) is 17.4 Å². The van der Waals surface area contributed by atoms with Crippen LogP contribution in [0.1, 0.15) is 18.4 Å². The molecule has 94 valence electrons. The molecule has 4 heteroatoms. The summed E-state index contributed by atoms with van der Waals surface area (Å²) in [5, 5.41) is 8.90. The molecule has 4 nitrogen and oxygen atoms in total. The van der Waals surface area contributed by atoms with Crippen molar-refractivity contribution in [3.05, 3.63) is 36.2 Å². The lowest BCUT2D eigenvalue weighted by Crippen LogP contribution is -2.15. The Hall–Kier alpha value is -2.15. The van der Waals surface area contributed by atoms with Crippen LogP contribution in [0.5, 0.6) is 11.5 Å². The molecule has 1 fully saturated rings. The van der Waals surface area contributed by atoms with Crippen LogP contribution in [-0.4, -0.2) is 25.1 Å². The first-order valence-electron chi connectivity index (χ1n) is 5.85. The summed E-state index contributed by atoms with van der Waals surface area (Å²) < 4.78 is 11.4. The number of nitrogens with zero attached hydrogens (tertiary/aromatic N) is 2. The van der Waals surface area contributed by atoms with Gasteiger partial charge in [0, 0.05) is 20.2 Å². The summed E-state index contributed by atoms with van der Waals surface area (Å²) in [6, 6.07) is 7.25. The second kappa shape index (κ2) is 5.01. The van der Waals surface area contributed by atoms with Crippen LogP contribution in [0.25, 0.3) is 0 Å². The van der Waals surface area contributed by atoms with E-state index in [1.807, 2.05) is 14.1 Å². The molecule has 0 aliphatic heterocycles. The van der Waals surface area contributed by atoms with Crippen molar-refractivity contribution in [2.45, 2.75) is 18.9 Å². The highest BCUT2D eigenvalue weighted by Gasteiger charge is 2.25. The third-order valence-corrected chi connectivity index (χ3v) is 2.62. The van der Waals surface area contributed by atoms with Crippen LogP contribution in [0, 0.1) is 11.3 Å². The first kappa shape index (κ1) is 12.3. The maximum Gasteiger partial charge on any atom is 0.188 e. The summed E-state index contributed by atoms with van der Waals surface area (Å²) in [6.07, 6.45) is 2.38. The van der Waals surface area contributed by atoms with Gasteiger partial charge < -0.3 is 14.4 Å². The third kappa shape index (κ3) is 2.95. The van der Waals surface area contributed by atoms with Gasteiger partial charge in [-0.15, -0.1) is 0 Å². The van der Waals surface area contributed by atoms with Crippen molar-refractivity contribution in [2.24, 2.45) is 0 Å². The van der Waals surface area contributed by atoms with E-state index in [1.165, 1.54) is 0 Å². The molecule has 0 atom stereocenters. The third-order valence-electron chi connectivity index (χ3n) is 2.62. The number of ether oxygens (including phenoxy) is 2. The molecule has 2 rings (SSSR count). The van der Waals surface area contributed by atoms with E-state index in [4.69, 9.17) is 14.7 Å². The average Bonchev–Trinajstić information content (AvgIpc) is 3.15. The van der Waals surface area contributed by atoms with Gasteiger partial charge in [-0.05, 0) is 31.6 Å². The predicted molar refractivity (Wildman–Crippen MR) is 68.3 cm³/mol. The summed E-state index contributed by atoms with van der Waals surface area (Å²) in [5.74, 6) is 1.74. The van der Waals surface area contributed by atoms with Gasteiger partial charge in [0.25, 0.3) is 0 Å². The fraction of sp³-hybridized carbons (Fsp3) is 0.357. The van der Waals surface area contributed by atoms with E-state index in [0.29, 0.717) is 22.9 Å². The van der Waals surface area contributed by atoms with Crippen molar-refractivity contribution >= 4 is 0 Å². The molecular weight excluding hydrogens is 228 g/mol. The van der Waals surface area contributed by atoms with Gasteiger partial charge in [-0.2, -0.15) is 5.26 Å². The molecular formula is C14H16N2O2. The van der Waals surface area contributed by atoms with E-state index >= 15 is 0 Å². The molecule has 0 aromatic heterocycles. The van der Waals surface area contributed by atoms with Crippen molar-refractivity contribution in [2.75, 3.05) is 14.1 Å². The maximum absolute atomic E-state index is 8.90. The molecule has 1 aliphatic rings. The van der Waals surface area contributed by atoms with E-state index < -0.39 is 0 Å². The zero-order valence-corrected chi connectivity index (χ0v) is 10.6. The molecule has 1 aromatic carbocycles. The number of nitriles is 1. The number of benzene rings is 1. The fourth-order valence-electron chi connectivity index (χ4n) is 1.34. The van der Waals surface area contributed by atoms with E-state index in [2.05, 4.69) is 12.6 Å². The van der Waals surface area contributed by atoms with Gasteiger partial charge in [0.1, 0.15) is 0 Å². The Balaban J connectivity index is 2.21.